The van der Waals surface area contributed by atoms with Gasteiger partial charge in [-0.15, -0.1) is 11.3 Å². The van der Waals surface area contributed by atoms with Gasteiger partial charge in [0.25, 0.3) is 0 Å². The smallest absolute Gasteiger partial charge is 0.240 e. The van der Waals surface area contributed by atoms with Crippen molar-refractivity contribution < 1.29 is 8.42 Å². The molecule has 1 aromatic heterocycles. The maximum atomic E-state index is 12.4. The van der Waals surface area contributed by atoms with Crippen LogP contribution in [0, 0.1) is 6.92 Å². The third-order valence-corrected chi connectivity index (χ3v) is 5.35. The fraction of sp³-hybridized carbons (Fsp3) is 0.357. The van der Waals surface area contributed by atoms with Crippen molar-refractivity contribution in [3.8, 4) is 0 Å². The van der Waals surface area contributed by atoms with Crippen LogP contribution in [0.1, 0.15) is 16.3 Å². The lowest BCUT2D eigenvalue weighted by Gasteiger charge is -2.10. The third-order valence-electron chi connectivity index (χ3n) is 2.97. The average Bonchev–Trinajstić information content (AvgIpc) is 2.85. The van der Waals surface area contributed by atoms with Crippen molar-refractivity contribution in [1.82, 2.24) is 15.0 Å². The largest absolute Gasteiger partial charge is 0.316 e. The van der Waals surface area contributed by atoms with E-state index in [1.807, 2.05) is 24.4 Å². The van der Waals surface area contributed by atoms with Crippen LogP contribution in [0.25, 0.3) is 0 Å². The van der Waals surface area contributed by atoms with Crippen LogP contribution in [-0.4, -0.2) is 27.0 Å². The summed E-state index contributed by atoms with van der Waals surface area (Å²) in [5.74, 6) is 0. The molecule has 1 heterocycles. The van der Waals surface area contributed by atoms with Crippen LogP contribution in [0.3, 0.4) is 0 Å². The van der Waals surface area contributed by atoms with Crippen molar-refractivity contribution >= 4 is 21.4 Å². The Kier molecular flexibility index (Phi) is 5.46. The molecule has 0 bridgehead atoms. The monoisotopic (exact) mass is 325 g/mol. The molecule has 1 aromatic carbocycles. The highest BCUT2D eigenvalue weighted by molar-refractivity contribution is 7.89. The summed E-state index contributed by atoms with van der Waals surface area (Å²) in [6.07, 6.45) is 0.595. The van der Waals surface area contributed by atoms with Gasteiger partial charge in [0.05, 0.1) is 15.6 Å². The Balaban J connectivity index is 2.04. The Bertz CT molecular complexity index is 696. The second kappa shape index (κ2) is 7.13. The minimum Gasteiger partial charge on any atom is -0.316 e. The van der Waals surface area contributed by atoms with Gasteiger partial charge in [-0.1, -0.05) is 18.2 Å². The second-order valence-corrected chi connectivity index (χ2v) is 7.44. The number of thiazole rings is 1. The molecule has 0 aliphatic carbocycles. The standard InChI is InChI=1S/C14H19N3O2S2/c1-11-17-13(10-20-11)7-8-16-21(18,19)14-6-4-3-5-12(14)9-15-2/h3-6,10,15-16H,7-9H2,1-2H3. The Morgan fingerprint density at radius 1 is 1.29 bits per heavy atom. The normalized spacial score (nSPS) is 11.7. The number of aromatic nitrogens is 1. The highest BCUT2D eigenvalue weighted by Gasteiger charge is 2.17. The predicted octanol–water partition coefficient (Wildman–Crippen LogP) is 1.69. The topological polar surface area (TPSA) is 71.1 Å². The van der Waals surface area contributed by atoms with Gasteiger partial charge in [-0.3, -0.25) is 0 Å². The molecule has 2 N–H and O–H groups in total. The first-order valence-corrected chi connectivity index (χ1v) is 9.02. The van der Waals surface area contributed by atoms with E-state index in [0.717, 1.165) is 16.3 Å². The fourth-order valence-electron chi connectivity index (χ4n) is 2.02. The van der Waals surface area contributed by atoms with E-state index in [-0.39, 0.29) is 0 Å². The van der Waals surface area contributed by atoms with Crippen molar-refractivity contribution in [3.63, 3.8) is 0 Å². The van der Waals surface area contributed by atoms with Crippen molar-refractivity contribution in [1.29, 1.82) is 0 Å². The van der Waals surface area contributed by atoms with Crippen molar-refractivity contribution in [2.45, 2.75) is 24.8 Å². The van der Waals surface area contributed by atoms with E-state index in [1.54, 1.807) is 30.5 Å². The van der Waals surface area contributed by atoms with Gasteiger partial charge >= 0.3 is 0 Å². The number of sulfonamides is 1. The van der Waals surface area contributed by atoms with Crippen LogP contribution in [0.4, 0.5) is 0 Å². The first kappa shape index (κ1) is 16.1. The van der Waals surface area contributed by atoms with E-state index in [0.29, 0.717) is 24.4 Å². The van der Waals surface area contributed by atoms with Crippen molar-refractivity contribution in [2.24, 2.45) is 0 Å². The van der Waals surface area contributed by atoms with E-state index in [9.17, 15) is 8.42 Å². The van der Waals surface area contributed by atoms with Gasteiger partial charge in [0.1, 0.15) is 0 Å². The number of nitrogens with zero attached hydrogens (tertiary/aromatic N) is 1. The molecule has 0 amide bonds. The molecule has 0 saturated heterocycles. The summed E-state index contributed by atoms with van der Waals surface area (Å²) in [5.41, 5.74) is 1.68. The summed E-state index contributed by atoms with van der Waals surface area (Å²) in [7, 11) is -1.70. The van der Waals surface area contributed by atoms with Crippen LogP contribution in [-0.2, 0) is 23.0 Å². The number of hydrogen-bond acceptors (Lipinski definition) is 5. The van der Waals surface area contributed by atoms with Gasteiger partial charge in [0.15, 0.2) is 0 Å². The van der Waals surface area contributed by atoms with Gasteiger partial charge in [0.2, 0.25) is 10.0 Å². The highest BCUT2D eigenvalue weighted by atomic mass is 32.2. The Labute approximate surface area is 129 Å². The summed E-state index contributed by atoms with van der Waals surface area (Å²) in [4.78, 5) is 4.65. The molecule has 7 heteroatoms. The Hall–Kier alpha value is -1.28. The Morgan fingerprint density at radius 3 is 2.71 bits per heavy atom. The van der Waals surface area contributed by atoms with E-state index in [1.165, 1.54) is 0 Å². The van der Waals surface area contributed by atoms with Crippen LogP contribution in [0.2, 0.25) is 0 Å². The third kappa shape index (κ3) is 4.34. The van der Waals surface area contributed by atoms with E-state index in [4.69, 9.17) is 0 Å². The SMILES string of the molecule is CNCc1ccccc1S(=O)(=O)NCCc1csc(C)n1. The lowest BCUT2D eigenvalue weighted by atomic mass is 10.2. The zero-order valence-corrected chi connectivity index (χ0v) is 13.7. The van der Waals surface area contributed by atoms with Crippen LogP contribution < -0.4 is 10.0 Å². The van der Waals surface area contributed by atoms with Crippen molar-refractivity contribution in [3.05, 3.63) is 45.9 Å². The summed E-state index contributed by atoms with van der Waals surface area (Å²) in [6.45, 7) is 2.80. The van der Waals surface area contributed by atoms with Crippen LogP contribution >= 0.6 is 11.3 Å². The molecule has 0 fully saturated rings. The van der Waals surface area contributed by atoms with E-state index in [2.05, 4.69) is 15.0 Å². The molecular weight excluding hydrogens is 306 g/mol. The van der Waals surface area contributed by atoms with E-state index < -0.39 is 10.0 Å². The van der Waals surface area contributed by atoms with Crippen molar-refractivity contribution in [2.75, 3.05) is 13.6 Å². The summed E-state index contributed by atoms with van der Waals surface area (Å²) < 4.78 is 27.4. The van der Waals surface area contributed by atoms with Gasteiger partial charge in [-0.05, 0) is 25.6 Å². The lowest BCUT2D eigenvalue weighted by Crippen LogP contribution is -2.27. The first-order chi connectivity index (χ1) is 10.0. The van der Waals surface area contributed by atoms with Gasteiger partial charge in [-0.25, -0.2) is 18.1 Å². The van der Waals surface area contributed by atoms with E-state index >= 15 is 0 Å². The number of hydrogen-bond donors (Lipinski definition) is 2. The minimum atomic E-state index is -3.49. The maximum absolute atomic E-state index is 12.4. The summed E-state index contributed by atoms with van der Waals surface area (Å²) >= 11 is 1.57. The minimum absolute atomic E-state index is 0.328. The fourth-order valence-corrected chi connectivity index (χ4v) is 3.93. The summed E-state index contributed by atoms with van der Waals surface area (Å²) in [5, 5.41) is 5.93. The zero-order valence-electron chi connectivity index (χ0n) is 12.1. The molecule has 0 saturated carbocycles. The molecule has 0 radical (unpaired) electrons. The predicted molar refractivity (Wildman–Crippen MR) is 84.9 cm³/mol. The molecular formula is C14H19N3O2S2. The van der Waals surface area contributed by atoms with Gasteiger partial charge < -0.3 is 5.32 Å². The molecule has 21 heavy (non-hydrogen) atoms. The number of nitrogens with one attached hydrogen (secondary N) is 2. The summed E-state index contributed by atoms with van der Waals surface area (Å²) in [6, 6.07) is 7.01. The Morgan fingerprint density at radius 2 is 2.05 bits per heavy atom. The molecule has 0 spiro atoms. The van der Waals surface area contributed by atoms with Gasteiger partial charge in [0, 0.05) is 24.9 Å². The van der Waals surface area contributed by atoms with Gasteiger partial charge in [-0.2, -0.15) is 0 Å². The molecule has 5 nitrogen and oxygen atoms in total. The lowest BCUT2D eigenvalue weighted by molar-refractivity contribution is 0.579. The van der Waals surface area contributed by atoms with Crippen LogP contribution in [0.5, 0.6) is 0 Å². The second-order valence-electron chi connectivity index (χ2n) is 4.64. The maximum Gasteiger partial charge on any atom is 0.240 e. The number of aryl methyl sites for hydroxylation is 1. The molecule has 0 aliphatic rings. The quantitative estimate of drug-likeness (QED) is 0.813. The molecule has 114 valence electrons. The van der Waals surface area contributed by atoms with Crippen LogP contribution in [0.15, 0.2) is 34.5 Å². The molecule has 0 atom stereocenters. The molecule has 2 aromatic rings. The average molecular weight is 325 g/mol. The zero-order chi connectivity index (χ0) is 15.3. The molecule has 0 unspecified atom stereocenters. The highest BCUT2D eigenvalue weighted by Crippen LogP contribution is 2.15. The molecule has 0 aliphatic heterocycles. The number of rotatable bonds is 7. The number of benzene rings is 1. The first-order valence-electron chi connectivity index (χ1n) is 6.66. The molecule has 2 rings (SSSR count).